The molecule has 5 nitrogen and oxygen atoms in total. The Labute approximate surface area is 143 Å². The lowest BCUT2D eigenvalue weighted by Crippen LogP contribution is -2.12. The molecule has 0 fully saturated rings. The van der Waals surface area contributed by atoms with Crippen molar-refractivity contribution in [2.75, 3.05) is 18.2 Å². The molecule has 7 heteroatoms. The van der Waals surface area contributed by atoms with Crippen molar-refractivity contribution in [1.82, 2.24) is 14.9 Å². The van der Waals surface area contributed by atoms with Crippen molar-refractivity contribution >= 4 is 11.8 Å². The van der Waals surface area contributed by atoms with E-state index in [1.807, 2.05) is 31.2 Å². The molecule has 0 aliphatic rings. The van der Waals surface area contributed by atoms with E-state index in [0.717, 1.165) is 5.56 Å². The van der Waals surface area contributed by atoms with E-state index in [4.69, 9.17) is 10.6 Å². The van der Waals surface area contributed by atoms with Crippen LogP contribution in [0.5, 0.6) is 5.75 Å². The summed E-state index contributed by atoms with van der Waals surface area (Å²) in [7, 11) is 0. The number of rotatable bonds is 6. The molecule has 0 radical (unpaired) electrons. The van der Waals surface area contributed by atoms with Gasteiger partial charge < -0.3 is 10.6 Å². The van der Waals surface area contributed by atoms with Gasteiger partial charge in [0.05, 0.1) is 6.61 Å². The summed E-state index contributed by atoms with van der Waals surface area (Å²) in [5, 5.41) is 8.85. The van der Waals surface area contributed by atoms with Crippen LogP contribution in [0.3, 0.4) is 0 Å². The number of aromatic nitrogens is 3. The van der Waals surface area contributed by atoms with Gasteiger partial charge in [-0.15, -0.1) is 10.2 Å². The third kappa shape index (κ3) is 3.86. The second kappa shape index (κ2) is 7.35. The monoisotopic (exact) mass is 344 g/mol. The molecule has 0 saturated carbocycles. The van der Waals surface area contributed by atoms with Gasteiger partial charge in [-0.25, -0.2) is 9.07 Å². The van der Waals surface area contributed by atoms with E-state index in [0.29, 0.717) is 29.1 Å². The molecule has 0 spiro atoms. The molecular weight excluding hydrogens is 327 g/mol. The van der Waals surface area contributed by atoms with Crippen molar-refractivity contribution in [1.29, 1.82) is 0 Å². The van der Waals surface area contributed by atoms with Crippen LogP contribution >= 0.6 is 11.8 Å². The number of nitrogen functional groups attached to an aromatic ring is 1. The Balaban J connectivity index is 1.57. The van der Waals surface area contributed by atoms with E-state index in [1.165, 1.54) is 34.1 Å². The van der Waals surface area contributed by atoms with E-state index < -0.39 is 0 Å². The van der Waals surface area contributed by atoms with Crippen LogP contribution in [0.25, 0.3) is 11.4 Å². The van der Waals surface area contributed by atoms with Crippen LogP contribution in [0.4, 0.5) is 4.39 Å². The summed E-state index contributed by atoms with van der Waals surface area (Å²) in [5.41, 5.74) is 2.09. The van der Waals surface area contributed by atoms with Crippen LogP contribution in [0, 0.1) is 12.7 Å². The summed E-state index contributed by atoms with van der Waals surface area (Å²) in [6.07, 6.45) is 0. The number of aryl methyl sites for hydroxylation is 1. The highest BCUT2D eigenvalue weighted by atomic mass is 32.2. The van der Waals surface area contributed by atoms with E-state index in [2.05, 4.69) is 10.2 Å². The first kappa shape index (κ1) is 16.3. The molecule has 3 rings (SSSR count). The van der Waals surface area contributed by atoms with Gasteiger partial charge in [-0.05, 0) is 19.1 Å². The molecular formula is C17H17FN4OS. The van der Waals surface area contributed by atoms with Gasteiger partial charge in [0.25, 0.3) is 0 Å². The number of hydrogen-bond donors (Lipinski definition) is 1. The Morgan fingerprint density at radius 2 is 1.96 bits per heavy atom. The molecule has 24 heavy (non-hydrogen) atoms. The van der Waals surface area contributed by atoms with E-state index >= 15 is 0 Å². The lowest BCUT2D eigenvalue weighted by atomic mass is 10.1. The Morgan fingerprint density at radius 1 is 1.17 bits per heavy atom. The van der Waals surface area contributed by atoms with Gasteiger partial charge >= 0.3 is 0 Å². The largest absolute Gasteiger partial charge is 0.493 e. The van der Waals surface area contributed by atoms with Crippen molar-refractivity contribution in [3.05, 3.63) is 59.9 Å². The molecule has 0 saturated heterocycles. The number of halogens is 1. The van der Waals surface area contributed by atoms with E-state index in [-0.39, 0.29) is 5.82 Å². The first-order chi connectivity index (χ1) is 11.6. The van der Waals surface area contributed by atoms with Gasteiger partial charge in [0.15, 0.2) is 5.82 Å². The molecule has 0 aliphatic heterocycles. The first-order valence-corrected chi connectivity index (χ1v) is 8.41. The van der Waals surface area contributed by atoms with Crippen molar-refractivity contribution in [3.63, 3.8) is 0 Å². The molecule has 0 amide bonds. The average Bonchev–Trinajstić information content (AvgIpc) is 2.93. The SMILES string of the molecule is Cc1ccc(-c2nnc(SCCOc3cccc(F)c3)n2N)cc1. The quantitative estimate of drug-likeness (QED) is 0.422. The Morgan fingerprint density at radius 3 is 2.71 bits per heavy atom. The summed E-state index contributed by atoms with van der Waals surface area (Å²) >= 11 is 1.43. The van der Waals surface area contributed by atoms with Crippen molar-refractivity contribution in [3.8, 4) is 17.1 Å². The van der Waals surface area contributed by atoms with E-state index in [9.17, 15) is 4.39 Å². The number of nitrogens with zero attached hydrogens (tertiary/aromatic N) is 3. The molecule has 3 aromatic rings. The van der Waals surface area contributed by atoms with Gasteiger partial charge in [0.1, 0.15) is 11.6 Å². The van der Waals surface area contributed by atoms with Crippen LogP contribution in [-0.4, -0.2) is 27.2 Å². The third-order valence-corrected chi connectivity index (χ3v) is 4.26. The summed E-state index contributed by atoms with van der Waals surface area (Å²) in [6, 6.07) is 14.0. The highest BCUT2D eigenvalue weighted by Crippen LogP contribution is 2.22. The molecule has 0 unspecified atom stereocenters. The Hall–Kier alpha value is -2.54. The molecule has 1 aromatic heterocycles. The van der Waals surface area contributed by atoms with Gasteiger partial charge in [-0.1, -0.05) is 47.7 Å². The highest BCUT2D eigenvalue weighted by Gasteiger charge is 2.11. The maximum Gasteiger partial charge on any atom is 0.210 e. The number of ether oxygens (including phenoxy) is 1. The summed E-state index contributed by atoms with van der Waals surface area (Å²) in [5.74, 6) is 7.50. The van der Waals surface area contributed by atoms with Gasteiger partial charge in [-0.3, -0.25) is 0 Å². The highest BCUT2D eigenvalue weighted by molar-refractivity contribution is 7.99. The van der Waals surface area contributed by atoms with Crippen LogP contribution in [-0.2, 0) is 0 Å². The molecule has 2 aromatic carbocycles. The fourth-order valence-electron chi connectivity index (χ4n) is 2.12. The van der Waals surface area contributed by atoms with Crippen LogP contribution < -0.4 is 10.6 Å². The van der Waals surface area contributed by atoms with Crippen LogP contribution in [0.15, 0.2) is 53.7 Å². The fourth-order valence-corrected chi connectivity index (χ4v) is 2.80. The van der Waals surface area contributed by atoms with Gasteiger partial charge in [-0.2, -0.15) is 0 Å². The second-order valence-corrected chi connectivity index (χ2v) is 6.26. The van der Waals surface area contributed by atoms with Crippen molar-refractivity contribution < 1.29 is 9.13 Å². The van der Waals surface area contributed by atoms with Crippen molar-refractivity contribution in [2.24, 2.45) is 0 Å². The zero-order chi connectivity index (χ0) is 16.9. The summed E-state index contributed by atoms with van der Waals surface area (Å²) in [6.45, 7) is 2.44. The predicted octanol–water partition coefficient (Wildman–Crippen LogP) is 3.28. The maximum atomic E-state index is 13.1. The molecule has 124 valence electrons. The first-order valence-electron chi connectivity index (χ1n) is 7.42. The minimum atomic E-state index is -0.315. The maximum absolute atomic E-state index is 13.1. The summed E-state index contributed by atoms with van der Waals surface area (Å²) in [4.78, 5) is 0. The van der Waals surface area contributed by atoms with Gasteiger partial charge in [0, 0.05) is 17.4 Å². The third-order valence-electron chi connectivity index (χ3n) is 3.35. The lowest BCUT2D eigenvalue weighted by molar-refractivity contribution is 0.342. The molecule has 0 atom stereocenters. The minimum Gasteiger partial charge on any atom is -0.493 e. The topological polar surface area (TPSA) is 66.0 Å². The zero-order valence-corrected chi connectivity index (χ0v) is 14.0. The number of nitrogens with two attached hydrogens (primary N) is 1. The van der Waals surface area contributed by atoms with E-state index in [1.54, 1.807) is 12.1 Å². The Bertz CT molecular complexity index is 820. The Kier molecular flexibility index (Phi) is 5.00. The van der Waals surface area contributed by atoms with Crippen molar-refractivity contribution in [2.45, 2.75) is 12.1 Å². The molecule has 0 aliphatic carbocycles. The normalized spacial score (nSPS) is 10.8. The standard InChI is InChI=1S/C17H17FN4OS/c1-12-5-7-13(8-6-12)16-20-21-17(22(16)19)24-10-9-23-15-4-2-3-14(18)11-15/h2-8,11H,9-10,19H2,1H3. The number of hydrogen-bond acceptors (Lipinski definition) is 5. The number of thioether (sulfide) groups is 1. The number of benzene rings is 2. The summed E-state index contributed by atoms with van der Waals surface area (Å²) < 4.78 is 20.0. The fraction of sp³-hybridized carbons (Fsp3) is 0.176. The van der Waals surface area contributed by atoms with Gasteiger partial charge in [0.2, 0.25) is 5.16 Å². The molecule has 2 N–H and O–H groups in total. The zero-order valence-electron chi connectivity index (χ0n) is 13.1. The molecule has 1 heterocycles. The second-order valence-electron chi connectivity index (χ2n) is 5.20. The van der Waals surface area contributed by atoms with Crippen LogP contribution in [0.1, 0.15) is 5.56 Å². The molecule has 0 bridgehead atoms. The minimum absolute atomic E-state index is 0.315. The smallest absolute Gasteiger partial charge is 0.210 e. The predicted molar refractivity (Wildman–Crippen MR) is 93.0 cm³/mol. The average molecular weight is 344 g/mol. The van der Waals surface area contributed by atoms with Crippen LogP contribution in [0.2, 0.25) is 0 Å². The lowest BCUT2D eigenvalue weighted by Gasteiger charge is -2.06.